The van der Waals surface area contributed by atoms with E-state index >= 15 is 0 Å². The van der Waals surface area contributed by atoms with Gasteiger partial charge < -0.3 is 0 Å². The van der Waals surface area contributed by atoms with E-state index in [0.29, 0.717) is 11.8 Å². The van der Waals surface area contributed by atoms with Gasteiger partial charge in [0.1, 0.15) is 0 Å². The van der Waals surface area contributed by atoms with Gasteiger partial charge in [-0.2, -0.15) is 20.5 Å². The van der Waals surface area contributed by atoms with Crippen molar-refractivity contribution in [3.63, 3.8) is 0 Å². The summed E-state index contributed by atoms with van der Waals surface area (Å²) in [5, 5.41) is 16.7. The second-order valence-electron chi connectivity index (χ2n) is 4.06. The Bertz CT molecular complexity index is 264. The number of hydrogen-bond donors (Lipinski definition) is 0. The molecule has 2 unspecified atom stereocenters. The molecule has 2 saturated carbocycles. The first-order valence-electron chi connectivity index (χ1n) is 4.25. The third-order valence-corrected chi connectivity index (χ3v) is 3.74. The Morgan fingerprint density at radius 3 is 1.64 bits per heavy atom. The SMILES string of the molecule is C1CC2CC1C1(N=N1)C21N=N1. The maximum Gasteiger partial charge on any atom is 0.242 e. The summed E-state index contributed by atoms with van der Waals surface area (Å²) in [5.74, 6) is 1.37. The largest absolute Gasteiger partial charge is 0.242 e. The lowest BCUT2D eigenvalue weighted by molar-refractivity contribution is 0.282. The molecule has 56 valence electrons. The molecule has 0 aromatic rings. The summed E-state index contributed by atoms with van der Waals surface area (Å²) in [4.78, 5) is 0. The Labute approximate surface area is 63.8 Å². The third-order valence-electron chi connectivity index (χ3n) is 3.74. The minimum atomic E-state index is -0.115. The molecule has 2 fully saturated rings. The quantitative estimate of drug-likeness (QED) is 0.502. The Hall–Kier alpha value is -0.800. The van der Waals surface area contributed by atoms with Gasteiger partial charge in [0.25, 0.3) is 0 Å². The molecule has 2 aliphatic heterocycles. The number of nitrogens with zero attached hydrogens (tertiary/aromatic N) is 4. The van der Waals surface area contributed by atoms with Crippen molar-refractivity contribution in [2.45, 2.75) is 30.6 Å². The lowest BCUT2D eigenvalue weighted by Crippen LogP contribution is -2.39. The molecule has 0 N–H and O–H groups in total. The van der Waals surface area contributed by atoms with Gasteiger partial charge in [-0.3, -0.25) is 0 Å². The zero-order valence-corrected chi connectivity index (χ0v) is 6.06. The zero-order chi connectivity index (χ0) is 7.10. The van der Waals surface area contributed by atoms with Gasteiger partial charge in [-0.25, -0.2) is 0 Å². The minimum absolute atomic E-state index is 0.115. The highest BCUT2D eigenvalue weighted by atomic mass is 15.6. The van der Waals surface area contributed by atoms with Crippen molar-refractivity contribution in [1.29, 1.82) is 0 Å². The van der Waals surface area contributed by atoms with Crippen molar-refractivity contribution in [2.75, 3.05) is 0 Å². The summed E-state index contributed by atoms with van der Waals surface area (Å²) in [7, 11) is 0. The third kappa shape index (κ3) is 0.310. The van der Waals surface area contributed by atoms with Crippen molar-refractivity contribution in [3.05, 3.63) is 0 Å². The van der Waals surface area contributed by atoms with Crippen LogP contribution in [0.15, 0.2) is 20.5 Å². The van der Waals surface area contributed by atoms with Gasteiger partial charge in [-0.1, -0.05) is 0 Å². The normalized spacial score (nSPS) is 49.5. The molecule has 2 bridgehead atoms. The van der Waals surface area contributed by atoms with Crippen LogP contribution in [0.5, 0.6) is 0 Å². The summed E-state index contributed by atoms with van der Waals surface area (Å²) < 4.78 is 0. The summed E-state index contributed by atoms with van der Waals surface area (Å²) >= 11 is 0. The maximum absolute atomic E-state index is 4.17. The first-order valence-corrected chi connectivity index (χ1v) is 4.25. The van der Waals surface area contributed by atoms with Gasteiger partial charge in [-0.05, 0) is 19.3 Å². The zero-order valence-electron chi connectivity index (χ0n) is 6.06. The van der Waals surface area contributed by atoms with Crippen molar-refractivity contribution in [3.8, 4) is 0 Å². The van der Waals surface area contributed by atoms with Crippen molar-refractivity contribution < 1.29 is 0 Å². The number of fused-ring (bicyclic) bond motifs is 5. The summed E-state index contributed by atoms with van der Waals surface area (Å²) in [5.41, 5.74) is -0.230. The molecule has 2 heterocycles. The molecular weight excluding hydrogens is 140 g/mol. The molecule has 0 aromatic heterocycles. The monoisotopic (exact) mass is 148 g/mol. The molecule has 4 nitrogen and oxygen atoms in total. The van der Waals surface area contributed by atoms with Crippen LogP contribution in [0.4, 0.5) is 0 Å². The van der Waals surface area contributed by atoms with Crippen molar-refractivity contribution >= 4 is 0 Å². The van der Waals surface area contributed by atoms with E-state index in [4.69, 9.17) is 0 Å². The van der Waals surface area contributed by atoms with Crippen LogP contribution in [0.3, 0.4) is 0 Å². The van der Waals surface area contributed by atoms with Crippen LogP contribution in [0.25, 0.3) is 0 Å². The van der Waals surface area contributed by atoms with Gasteiger partial charge in [0.15, 0.2) is 0 Å². The Balaban J connectivity index is 1.90. The van der Waals surface area contributed by atoms with Crippen LogP contribution < -0.4 is 0 Å². The Kier molecular flexibility index (Phi) is 0.476. The van der Waals surface area contributed by atoms with E-state index in [1.165, 1.54) is 19.3 Å². The summed E-state index contributed by atoms with van der Waals surface area (Å²) in [6, 6.07) is 0. The second-order valence-corrected chi connectivity index (χ2v) is 4.06. The predicted molar refractivity (Wildman–Crippen MR) is 36.0 cm³/mol. The summed E-state index contributed by atoms with van der Waals surface area (Å²) in [6.45, 7) is 0. The van der Waals surface area contributed by atoms with Gasteiger partial charge in [0, 0.05) is 11.8 Å². The first-order chi connectivity index (χ1) is 5.37. The van der Waals surface area contributed by atoms with E-state index < -0.39 is 0 Å². The molecule has 0 saturated heterocycles. The lowest BCUT2D eigenvalue weighted by atomic mass is 9.84. The molecule has 2 spiro atoms. The fourth-order valence-corrected chi connectivity index (χ4v) is 3.04. The fraction of sp³-hybridized carbons (Fsp3) is 1.00. The van der Waals surface area contributed by atoms with E-state index in [1.54, 1.807) is 0 Å². The first kappa shape index (κ1) is 4.95. The molecule has 2 aliphatic carbocycles. The molecule has 4 aliphatic rings. The lowest BCUT2D eigenvalue weighted by Gasteiger charge is -2.21. The molecule has 4 rings (SSSR count). The number of hydrogen-bond acceptors (Lipinski definition) is 4. The van der Waals surface area contributed by atoms with Gasteiger partial charge in [-0.15, -0.1) is 0 Å². The second kappa shape index (κ2) is 1.06. The average molecular weight is 148 g/mol. The molecule has 2 atom stereocenters. The van der Waals surface area contributed by atoms with E-state index in [-0.39, 0.29) is 11.3 Å². The summed E-state index contributed by atoms with van der Waals surface area (Å²) in [6.07, 6.45) is 3.86. The van der Waals surface area contributed by atoms with Gasteiger partial charge in [0.05, 0.1) is 0 Å². The highest BCUT2D eigenvalue weighted by Crippen LogP contribution is 2.70. The van der Waals surface area contributed by atoms with E-state index in [2.05, 4.69) is 20.5 Å². The minimum Gasteiger partial charge on any atom is -0.153 e. The molecule has 0 amide bonds. The van der Waals surface area contributed by atoms with Crippen LogP contribution in [0, 0.1) is 11.8 Å². The maximum atomic E-state index is 4.17. The van der Waals surface area contributed by atoms with E-state index in [1.807, 2.05) is 0 Å². The predicted octanol–water partition coefficient (Wildman–Crippen LogP) is 1.74. The topological polar surface area (TPSA) is 49.4 Å². The van der Waals surface area contributed by atoms with Crippen LogP contribution in [-0.4, -0.2) is 11.3 Å². The van der Waals surface area contributed by atoms with Crippen LogP contribution >= 0.6 is 0 Å². The Morgan fingerprint density at radius 1 is 0.818 bits per heavy atom. The van der Waals surface area contributed by atoms with E-state index in [0.717, 1.165) is 0 Å². The van der Waals surface area contributed by atoms with Crippen LogP contribution in [0.2, 0.25) is 0 Å². The van der Waals surface area contributed by atoms with Gasteiger partial charge in [0.2, 0.25) is 11.3 Å². The molecule has 0 aromatic carbocycles. The Morgan fingerprint density at radius 2 is 1.27 bits per heavy atom. The molecule has 11 heavy (non-hydrogen) atoms. The number of rotatable bonds is 0. The highest BCUT2D eigenvalue weighted by Gasteiger charge is 2.80. The highest BCUT2D eigenvalue weighted by molar-refractivity contribution is 5.30. The van der Waals surface area contributed by atoms with Gasteiger partial charge >= 0.3 is 0 Å². The smallest absolute Gasteiger partial charge is 0.153 e. The molecular formula is C7H8N4. The van der Waals surface area contributed by atoms with Crippen LogP contribution in [-0.2, 0) is 0 Å². The van der Waals surface area contributed by atoms with Crippen LogP contribution in [0.1, 0.15) is 19.3 Å². The average Bonchev–Trinajstić information content (AvgIpc) is 2.87. The molecule has 0 radical (unpaired) electrons. The molecule has 4 heteroatoms. The fourth-order valence-electron chi connectivity index (χ4n) is 3.04. The van der Waals surface area contributed by atoms with Crippen molar-refractivity contribution in [2.24, 2.45) is 32.3 Å². The standard InChI is InChI=1S/C7H8N4/c1-2-5-3-4(1)6(8-9-6)7(5)10-11-7/h4-5H,1-3H2. The van der Waals surface area contributed by atoms with E-state index in [9.17, 15) is 0 Å². The van der Waals surface area contributed by atoms with Crippen molar-refractivity contribution in [1.82, 2.24) is 0 Å².